The molecule has 0 aliphatic heterocycles. The number of methoxy groups -OCH3 is 1. The molecule has 7 heteroatoms. The molecule has 1 aliphatic carbocycles. The van der Waals surface area contributed by atoms with Gasteiger partial charge in [-0.25, -0.2) is 8.42 Å². The standard InChI is InChI=1S/C13H22N2O3S2/c1-3-14-9-11-8-13(19-10-11)20(16,17)15(6-7-18-2)12-4-5-12/h8,10,12,14H,3-7,9H2,1-2H3. The van der Waals surface area contributed by atoms with Gasteiger partial charge in [-0.15, -0.1) is 11.3 Å². The molecule has 1 aliphatic rings. The van der Waals surface area contributed by atoms with Gasteiger partial charge in [0.05, 0.1) is 6.61 Å². The Kier molecular flexibility index (Phi) is 5.57. The highest BCUT2D eigenvalue weighted by atomic mass is 32.2. The highest BCUT2D eigenvalue weighted by molar-refractivity contribution is 7.91. The Morgan fingerprint density at radius 1 is 1.50 bits per heavy atom. The van der Waals surface area contributed by atoms with E-state index in [9.17, 15) is 8.42 Å². The van der Waals surface area contributed by atoms with Crippen molar-refractivity contribution in [3.8, 4) is 0 Å². The topological polar surface area (TPSA) is 58.6 Å². The number of nitrogens with zero attached hydrogens (tertiary/aromatic N) is 1. The first-order chi connectivity index (χ1) is 9.59. The van der Waals surface area contributed by atoms with E-state index in [1.807, 2.05) is 12.3 Å². The maximum absolute atomic E-state index is 12.7. The summed E-state index contributed by atoms with van der Waals surface area (Å²) in [6.07, 6.45) is 1.91. The van der Waals surface area contributed by atoms with Crippen LogP contribution in [0, 0.1) is 0 Å². The van der Waals surface area contributed by atoms with E-state index in [2.05, 4.69) is 5.32 Å². The molecule has 0 unspecified atom stereocenters. The minimum Gasteiger partial charge on any atom is -0.383 e. The van der Waals surface area contributed by atoms with E-state index >= 15 is 0 Å². The molecule has 1 aromatic heterocycles. The SMILES string of the molecule is CCNCc1csc(S(=O)(=O)N(CCOC)C2CC2)c1. The second kappa shape index (κ2) is 7.00. The molecule has 1 heterocycles. The van der Waals surface area contributed by atoms with E-state index < -0.39 is 10.0 Å². The number of sulfonamides is 1. The van der Waals surface area contributed by atoms with Crippen molar-refractivity contribution in [2.24, 2.45) is 0 Å². The Morgan fingerprint density at radius 2 is 2.25 bits per heavy atom. The number of hydrogen-bond acceptors (Lipinski definition) is 5. The molecule has 20 heavy (non-hydrogen) atoms. The number of thiophene rings is 1. The van der Waals surface area contributed by atoms with Crippen LogP contribution in [0.2, 0.25) is 0 Å². The predicted molar refractivity (Wildman–Crippen MR) is 80.5 cm³/mol. The lowest BCUT2D eigenvalue weighted by Gasteiger charge is -2.20. The maximum Gasteiger partial charge on any atom is 0.252 e. The van der Waals surface area contributed by atoms with Gasteiger partial charge in [0.15, 0.2) is 0 Å². The summed E-state index contributed by atoms with van der Waals surface area (Å²) < 4.78 is 32.4. The van der Waals surface area contributed by atoms with Crippen LogP contribution in [-0.4, -0.2) is 45.6 Å². The molecule has 5 nitrogen and oxygen atoms in total. The molecule has 1 fully saturated rings. The summed E-state index contributed by atoms with van der Waals surface area (Å²) in [5, 5.41) is 5.12. The van der Waals surface area contributed by atoms with Gasteiger partial charge in [0, 0.05) is 26.2 Å². The summed E-state index contributed by atoms with van der Waals surface area (Å²) >= 11 is 1.30. The minimum absolute atomic E-state index is 0.162. The predicted octanol–water partition coefficient (Wildman–Crippen LogP) is 1.66. The summed E-state index contributed by atoms with van der Waals surface area (Å²) in [6, 6.07) is 1.94. The normalized spacial score (nSPS) is 15.9. The van der Waals surface area contributed by atoms with Crippen LogP contribution < -0.4 is 5.32 Å². The van der Waals surface area contributed by atoms with Crippen LogP contribution in [0.1, 0.15) is 25.3 Å². The van der Waals surface area contributed by atoms with E-state index in [-0.39, 0.29) is 6.04 Å². The van der Waals surface area contributed by atoms with Gasteiger partial charge in [0.2, 0.25) is 0 Å². The van der Waals surface area contributed by atoms with Crippen LogP contribution in [0.3, 0.4) is 0 Å². The third kappa shape index (κ3) is 3.79. The van der Waals surface area contributed by atoms with E-state index in [1.54, 1.807) is 17.5 Å². The van der Waals surface area contributed by atoms with Crippen LogP contribution in [0.5, 0.6) is 0 Å². The molecule has 1 saturated carbocycles. The Morgan fingerprint density at radius 3 is 2.85 bits per heavy atom. The van der Waals surface area contributed by atoms with Gasteiger partial charge in [-0.2, -0.15) is 4.31 Å². The van der Waals surface area contributed by atoms with E-state index in [4.69, 9.17) is 4.74 Å². The van der Waals surface area contributed by atoms with Gasteiger partial charge >= 0.3 is 0 Å². The fourth-order valence-electron chi connectivity index (χ4n) is 2.01. The molecule has 0 saturated heterocycles. The van der Waals surface area contributed by atoms with Gasteiger partial charge in [0.1, 0.15) is 4.21 Å². The molecule has 0 amide bonds. The fraction of sp³-hybridized carbons (Fsp3) is 0.692. The maximum atomic E-state index is 12.7. The van der Waals surface area contributed by atoms with Crippen molar-refractivity contribution in [3.63, 3.8) is 0 Å². The quantitative estimate of drug-likeness (QED) is 0.752. The van der Waals surface area contributed by atoms with Crippen LogP contribution in [0.4, 0.5) is 0 Å². The average Bonchev–Trinajstić information content (AvgIpc) is 3.13. The largest absolute Gasteiger partial charge is 0.383 e. The Labute approximate surface area is 125 Å². The van der Waals surface area contributed by atoms with Gasteiger partial charge < -0.3 is 10.1 Å². The van der Waals surface area contributed by atoms with Crippen molar-refractivity contribution in [1.29, 1.82) is 0 Å². The molecule has 114 valence electrons. The van der Waals surface area contributed by atoms with Gasteiger partial charge in [0.25, 0.3) is 10.0 Å². The molecule has 0 atom stereocenters. The van der Waals surface area contributed by atoms with E-state index in [1.165, 1.54) is 11.3 Å². The summed E-state index contributed by atoms with van der Waals surface area (Å²) in [4.78, 5) is 0. The van der Waals surface area contributed by atoms with Gasteiger partial charge in [-0.05, 0) is 36.4 Å². The fourth-order valence-corrected chi connectivity index (χ4v) is 5.01. The second-order valence-corrected chi connectivity index (χ2v) is 7.92. The van der Waals surface area contributed by atoms with Crippen LogP contribution in [0.25, 0.3) is 0 Å². The Bertz CT molecular complexity index is 523. The lowest BCUT2D eigenvalue weighted by Crippen LogP contribution is -2.35. The van der Waals surface area contributed by atoms with Crippen molar-refractivity contribution >= 4 is 21.4 Å². The van der Waals surface area contributed by atoms with Gasteiger partial charge in [-0.3, -0.25) is 0 Å². The zero-order valence-corrected chi connectivity index (χ0v) is 13.6. The molecule has 2 rings (SSSR count). The molecular formula is C13H22N2O3S2. The summed E-state index contributed by atoms with van der Waals surface area (Å²) in [7, 11) is -1.78. The number of hydrogen-bond donors (Lipinski definition) is 1. The van der Waals surface area contributed by atoms with Crippen molar-refractivity contribution < 1.29 is 13.2 Å². The summed E-state index contributed by atoms with van der Waals surface area (Å²) in [5.41, 5.74) is 1.03. The molecule has 0 radical (unpaired) electrons. The first-order valence-corrected chi connectivity index (χ1v) is 9.20. The van der Waals surface area contributed by atoms with Crippen LogP contribution >= 0.6 is 11.3 Å². The number of nitrogens with one attached hydrogen (secondary N) is 1. The molecule has 1 aromatic rings. The lowest BCUT2D eigenvalue weighted by molar-refractivity contribution is 0.177. The number of ether oxygens (including phenoxy) is 1. The Hall–Kier alpha value is -0.470. The monoisotopic (exact) mass is 318 g/mol. The van der Waals surface area contributed by atoms with Crippen molar-refractivity contribution in [1.82, 2.24) is 9.62 Å². The molecule has 0 aromatic carbocycles. The van der Waals surface area contributed by atoms with Crippen molar-refractivity contribution in [2.45, 2.75) is 36.6 Å². The number of rotatable bonds is 9. The van der Waals surface area contributed by atoms with Crippen molar-refractivity contribution in [3.05, 3.63) is 17.0 Å². The highest BCUT2D eigenvalue weighted by Crippen LogP contribution is 2.33. The minimum atomic E-state index is -3.37. The molecule has 0 spiro atoms. The molecule has 1 N–H and O–H groups in total. The summed E-state index contributed by atoms with van der Waals surface area (Å²) in [5.74, 6) is 0. The van der Waals surface area contributed by atoms with Crippen LogP contribution in [-0.2, 0) is 21.3 Å². The average molecular weight is 318 g/mol. The van der Waals surface area contributed by atoms with E-state index in [0.717, 1.165) is 24.9 Å². The van der Waals surface area contributed by atoms with Gasteiger partial charge in [-0.1, -0.05) is 6.92 Å². The molecular weight excluding hydrogens is 296 g/mol. The lowest BCUT2D eigenvalue weighted by atomic mass is 10.3. The summed E-state index contributed by atoms with van der Waals surface area (Å²) in [6.45, 7) is 4.49. The third-order valence-corrected chi connectivity index (χ3v) is 6.66. The van der Waals surface area contributed by atoms with E-state index in [0.29, 0.717) is 23.9 Å². The highest BCUT2D eigenvalue weighted by Gasteiger charge is 2.38. The first kappa shape index (κ1) is 15.9. The third-order valence-electron chi connectivity index (χ3n) is 3.24. The van der Waals surface area contributed by atoms with Crippen molar-refractivity contribution in [2.75, 3.05) is 26.8 Å². The smallest absolute Gasteiger partial charge is 0.252 e. The Balaban J connectivity index is 2.12. The second-order valence-electron chi connectivity index (χ2n) is 4.89. The molecule has 0 bridgehead atoms. The zero-order chi connectivity index (χ0) is 14.6. The zero-order valence-electron chi connectivity index (χ0n) is 12.0. The first-order valence-electron chi connectivity index (χ1n) is 6.88. The van der Waals surface area contributed by atoms with Crippen LogP contribution in [0.15, 0.2) is 15.7 Å².